The van der Waals surface area contributed by atoms with E-state index in [1.54, 1.807) is 6.08 Å². The number of hydrogen-bond acceptors (Lipinski definition) is 5. The molecule has 0 aliphatic carbocycles. The van der Waals surface area contributed by atoms with Gasteiger partial charge in [0.1, 0.15) is 23.9 Å². The molecular formula is C28H28N2O3. The average molecular weight is 441 g/mol. The number of fused-ring (bicyclic) bond motifs is 3. The van der Waals surface area contributed by atoms with Crippen LogP contribution in [0.3, 0.4) is 0 Å². The van der Waals surface area contributed by atoms with Gasteiger partial charge in [0.05, 0.1) is 18.3 Å². The van der Waals surface area contributed by atoms with E-state index in [0.717, 1.165) is 46.1 Å². The van der Waals surface area contributed by atoms with E-state index in [2.05, 4.69) is 66.4 Å². The summed E-state index contributed by atoms with van der Waals surface area (Å²) in [7, 11) is 0. The number of para-hydroxylation sites is 1. The fraction of sp³-hybridized carbons (Fsp3) is 0.214. The Bertz CT molecular complexity index is 1140. The van der Waals surface area contributed by atoms with E-state index in [-0.39, 0.29) is 12.3 Å². The van der Waals surface area contributed by atoms with Gasteiger partial charge in [-0.05, 0) is 60.5 Å². The van der Waals surface area contributed by atoms with Gasteiger partial charge < -0.3 is 19.6 Å². The second kappa shape index (κ2) is 9.43. The Morgan fingerprint density at radius 3 is 2.45 bits per heavy atom. The van der Waals surface area contributed by atoms with Crippen molar-refractivity contribution < 1.29 is 14.2 Å². The molecule has 168 valence electrons. The molecule has 0 unspecified atom stereocenters. The molecule has 0 saturated heterocycles. The van der Waals surface area contributed by atoms with Crippen LogP contribution in [0.25, 0.3) is 5.70 Å². The van der Waals surface area contributed by atoms with Crippen molar-refractivity contribution in [3.05, 3.63) is 108 Å². The molecule has 5 rings (SSSR count). The molecule has 3 aromatic carbocycles. The lowest BCUT2D eigenvalue weighted by atomic mass is 10.0. The summed E-state index contributed by atoms with van der Waals surface area (Å²) in [5.41, 5.74) is 7.94. The summed E-state index contributed by atoms with van der Waals surface area (Å²) in [4.78, 5) is 0. The van der Waals surface area contributed by atoms with Crippen LogP contribution in [0.5, 0.6) is 17.2 Å². The molecule has 0 saturated carbocycles. The molecule has 2 aliphatic rings. The number of hydrogen-bond donors (Lipinski definition) is 1. The zero-order valence-corrected chi connectivity index (χ0v) is 18.7. The first-order chi connectivity index (χ1) is 16.3. The minimum Gasteiger partial charge on any atom is -0.494 e. The van der Waals surface area contributed by atoms with Gasteiger partial charge in [0.2, 0.25) is 0 Å². The van der Waals surface area contributed by atoms with Crippen LogP contribution in [0, 0.1) is 0 Å². The summed E-state index contributed by atoms with van der Waals surface area (Å²) in [6.07, 6.45) is 4.72. The molecule has 33 heavy (non-hydrogen) atoms. The predicted octanol–water partition coefficient (Wildman–Crippen LogP) is 6.03. The Morgan fingerprint density at radius 1 is 0.970 bits per heavy atom. The Morgan fingerprint density at radius 2 is 1.70 bits per heavy atom. The van der Waals surface area contributed by atoms with Crippen LogP contribution in [0.1, 0.15) is 42.3 Å². The van der Waals surface area contributed by atoms with Crippen LogP contribution >= 0.6 is 0 Å². The minimum absolute atomic E-state index is 0.0580. The van der Waals surface area contributed by atoms with E-state index in [9.17, 15) is 0 Å². The van der Waals surface area contributed by atoms with Crippen molar-refractivity contribution in [3.8, 4) is 17.2 Å². The zero-order chi connectivity index (χ0) is 22.6. The Kier molecular flexibility index (Phi) is 6.05. The maximum absolute atomic E-state index is 6.46. The number of ether oxygens (including phenoxy) is 3. The number of nitrogens with one attached hydrogen (secondary N) is 1. The molecule has 0 amide bonds. The largest absolute Gasteiger partial charge is 0.494 e. The maximum Gasteiger partial charge on any atom is 0.195 e. The molecule has 2 atom stereocenters. The fourth-order valence-electron chi connectivity index (χ4n) is 4.16. The van der Waals surface area contributed by atoms with Crippen molar-refractivity contribution in [2.75, 3.05) is 13.2 Å². The molecule has 1 N–H and O–H groups in total. The third-order valence-electron chi connectivity index (χ3n) is 5.77. The van der Waals surface area contributed by atoms with Gasteiger partial charge in [0.25, 0.3) is 0 Å². The van der Waals surface area contributed by atoms with Crippen molar-refractivity contribution >= 4 is 5.70 Å². The van der Waals surface area contributed by atoms with Crippen molar-refractivity contribution in [1.29, 1.82) is 0 Å². The Hall–Kier alpha value is -3.70. The van der Waals surface area contributed by atoms with Crippen LogP contribution in [0.15, 0.2) is 91.5 Å². The van der Waals surface area contributed by atoms with Crippen LogP contribution in [-0.2, 0) is 0 Å². The summed E-state index contributed by atoms with van der Waals surface area (Å²) >= 11 is 0. The van der Waals surface area contributed by atoms with E-state index >= 15 is 0 Å². The SMILES string of the molecule is C=CCOc1ccc(C2=C[C@H]3c4ccccc4O[C@H](c4ccc(OCCC)cc4)N3N2)cc1. The molecule has 2 heterocycles. The van der Waals surface area contributed by atoms with Gasteiger partial charge in [-0.3, -0.25) is 0 Å². The normalized spacial score (nSPS) is 18.9. The summed E-state index contributed by atoms with van der Waals surface area (Å²) in [6, 6.07) is 24.6. The first-order valence-corrected chi connectivity index (χ1v) is 11.4. The molecule has 5 heteroatoms. The third kappa shape index (κ3) is 4.32. The van der Waals surface area contributed by atoms with E-state index in [1.807, 2.05) is 36.4 Å². The molecule has 3 aromatic rings. The minimum atomic E-state index is -0.269. The smallest absolute Gasteiger partial charge is 0.195 e. The van der Waals surface area contributed by atoms with Crippen molar-refractivity contribution in [3.63, 3.8) is 0 Å². The highest BCUT2D eigenvalue weighted by atomic mass is 16.5. The van der Waals surface area contributed by atoms with Gasteiger partial charge in [-0.2, -0.15) is 5.01 Å². The molecule has 0 bridgehead atoms. The molecule has 0 aromatic heterocycles. The standard InChI is InChI=1S/C28H28N2O3/c1-3-17-31-22-13-9-20(10-14-22)25-19-26-24-7-5-6-8-27(24)33-28(30(26)29-25)21-11-15-23(16-12-21)32-18-4-2/h3,5-16,19,26,28-29H,1,4,17-18H2,2H3/t26-,28+/m0/s1. The zero-order valence-electron chi connectivity index (χ0n) is 18.7. The second-order valence-electron chi connectivity index (χ2n) is 8.09. The van der Waals surface area contributed by atoms with Gasteiger partial charge >= 0.3 is 0 Å². The van der Waals surface area contributed by atoms with Crippen LogP contribution in [0.4, 0.5) is 0 Å². The lowest BCUT2D eigenvalue weighted by Crippen LogP contribution is -2.43. The summed E-state index contributed by atoms with van der Waals surface area (Å²) in [5.74, 6) is 2.61. The van der Waals surface area contributed by atoms with Crippen LogP contribution in [-0.4, -0.2) is 18.2 Å². The first-order valence-electron chi connectivity index (χ1n) is 11.4. The summed E-state index contributed by atoms with van der Waals surface area (Å²) in [5, 5.41) is 2.17. The first kappa shape index (κ1) is 21.2. The predicted molar refractivity (Wildman–Crippen MR) is 130 cm³/mol. The highest BCUT2D eigenvalue weighted by Gasteiger charge is 2.40. The Balaban J connectivity index is 1.43. The molecule has 0 spiro atoms. The molecule has 0 radical (unpaired) electrons. The monoisotopic (exact) mass is 440 g/mol. The van der Waals surface area contributed by atoms with E-state index < -0.39 is 0 Å². The van der Waals surface area contributed by atoms with Gasteiger partial charge in [-0.1, -0.05) is 49.9 Å². The van der Waals surface area contributed by atoms with E-state index in [1.165, 1.54) is 0 Å². The molecule has 2 aliphatic heterocycles. The number of benzene rings is 3. The van der Waals surface area contributed by atoms with Crippen LogP contribution in [0.2, 0.25) is 0 Å². The highest BCUT2D eigenvalue weighted by Crippen LogP contribution is 2.46. The number of nitrogens with zero attached hydrogens (tertiary/aromatic N) is 1. The lowest BCUT2D eigenvalue weighted by Gasteiger charge is -2.39. The van der Waals surface area contributed by atoms with Gasteiger partial charge in [-0.25, -0.2) is 0 Å². The van der Waals surface area contributed by atoms with Gasteiger partial charge in [-0.15, -0.1) is 0 Å². The number of hydrazine groups is 1. The average Bonchev–Trinajstić information content (AvgIpc) is 3.32. The molecular weight excluding hydrogens is 412 g/mol. The molecule has 0 fully saturated rings. The second-order valence-corrected chi connectivity index (χ2v) is 8.09. The number of rotatable bonds is 8. The van der Waals surface area contributed by atoms with Crippen molar-refractivity contribution in [1.82, 2.24) is 10.4 Å². The van der Waals surface area contributed by atoms with Gasteiger partial charge in [0, 0.05) is 11.1 Å². The third-order valence-corrected chi connectivity index (χ3v) is 5.77. The summed E-state index contributed by atoms with van der Waals surface area (Å²) < 4.78 is 17.8. The topological polar surface area (TPSA) is 43.0 Å². The van der Waals surface area contributed by atoms with E-state index in [4.69, 9.17) is 14.2 Å². The Labute approximate surface area is 194 Å². The van der Waals surface area contributed by atoms with Crippen LogP contribution < -0.4 is 19.6 Å². The van der Waals surface area contributed by atoms with Gasteiger partial charge in [0.15, 0.2) is 6.23 Å². The quantitative estimate of drug-likeness (QED) is 0.433. The fourth-order valence-corrected chi connectivity index (χ4v) is 4.16. The van der Waals surface area contributed by atoms with Crippen molar-refractivity contribution in [2.24, 2.45) is 0 Å². The summed E-state index contributed by atoms with van der Waals surface area (Å²) in [6.45, 7) is 7.01. The van der Waals surface area contributed by atoms with Crippen molar-refractivity contribution in [2.45, 2.75) is 25.6 Å². The maximum atomic E-state index is 6.46. The molecule has 5 nitrogen and oxygen atoms in total. The lowest BCUT2D eigenvalue weighted by molar-refractivity contribution is -0.0326. The highest BCUT2D eigenvalue weighted by molar-refractivity contribution is 5.68. The van der Waals surface area contributed by atoms with E-state index in [0.29, 0.717) is 13.2 Å².